The summed E-state index contributed by atoms with van der Waals surface area (Å²) in [5, 5.41) is 53.5. The van der Waals surface area contributed by atoms with Gasteiger partial charge in [0.25, 0.3) is 0 Å². The average molecular weight is 682 g/mol. The van der Waals surface area contributed by atoms with Crippen LogP contribution in [0, 0.1) is 0 Å². The summed E-state index contributed by atoms with van der Waals surface area (Å²) in [6.45, 7) is 3.86. The number of aliphatic hydroxyl groups is 1. The molecule has 21 heteroatoms. The zero-order chi connectivity index (χ0) is 34.0. The van der Waals surface area contributed by atoms with Gasteiger partial charge in [0.1, 0.15) is 42.5 Å². The number of rotatable bonds is 18. The number of carboxylic acids is 3. The number of carbonyl (C=O) groups is 7. The number of carbonyl (C=O) groups excluding carboxylic acids is 7. The highest BCUT2D eigenvalue weighted by Gasteiger charge is 2.52. The molecule has 0 aliphatic carbocycles. The van der Waals surface area contributed by atoms with E-state index >= 15 is 0 Å². The number of amides is 4. The Bertz CT molecular complexity index is 1130. The molecular weight excluding hydrogens is 634 g/mol. The molecule has 2 saturated heterocycles. The van der Waals surface area contributed by atoms with Crippen molar-refractivity contribution in [3.8, 4) is 0 Å². The van der Waals surface area contributed by atoms with Crippen molar-refractivity contribution in [2.24, 2.45) is 0 Å². The van der Waals surface area contributed by atoms with E-state index in [2.05, 4.69) is 27.0 Å². The number of hydrogen-bond donors (Lipinski definition) is 8. The van der Waals surface area contributed by atoms with Gasteiger partial charge < -0.3 is 88.3 Å². The number of fused-ring (bicyclic) bond motifs is 2. The quantitative estimate of drug-likeness (QED) is 0.0666. The van der Waals surface area contributed by atoms with Crippen molar-refractivity contribution in [2.45, 2.75) is 114 Å². The van der Waals surface area contributed by atoms with Crippen LogP contribution >= 0.6 is 0 Å². The lowest BCUT2D eigenvalue weighted by molar-refractivity contribution is -0.438. The number of quaternary nitrogens is 3. The largest absolute Gasteiger partial charge is 0.548 e. The minimum atomic E-state index is -1.75. The minimum Gasteiger partial charge on any atom is -0.548 e. The maximum atomic E-state index is 12.8. The molecule has 0 aromatic rings. The number of nitrogens with one attached hydrogen (secondary N) is 4. The molecule has 0 spiro atoms. The number of aliphatic hydroxyl groups excluding tert-OH is 1. The Morgan fingerprint density at radius 3 is 2.04 bits per heavy atom. The van der Waals surface area contributed by atoms with Gasteiger partial charge in [0.15, 0.2) is 6.29 Å². The molecule has 270 valence electrons. The van der Waals surface area contributed by atoms with E-state index in [4.69, 9.17) is 14.2 Å². The van der Waals surface area contributed by atoms with Crippen LogP contribution in [0.2, 0.25) is 0 Å². The molecule has 2 rings (SSSR count). The summed E-state index contributed by atoms with van der Waals surface area (Å²) >= 11 is 0. The summed E-state index contributed by atoms with van der Waals surface area (Å²) in [5.41, 5.74) is 3.34. The molecule has 21 nitrogen and oxygen atoms in total. The Morgan fingerprint density at radius 1 is 0.894 bits per heavy atom. The van der Waals surface area contributed by atoms with Crippen molar-refractivity contribution in [3.05, 3.63) is 0 Å². The maximum absolute atomic E-state index is 12.8. The lowest BCUT2D eigenvalue weighted by atomic mass is 9.98. The molecule has 47 heavy (non-hydrogen) atoms. The van der Waals surface area contributed by atoms with Crippen molar-refractivity contribution < 1.29 is 73.9 Å². The lowest BCUT2D eigenvalue weighted by Crippen LogP contribution is -2.68. The van der Waals surface area contributed by atoms with Crippen LogP contribution in [0.1, 0.15) is 52.9 Å². The van der Waals surface area contributed by atoms with Gasteiger partial charge >= 0.3 is 0 Å². The highest BCUT2D eigenvalue weighted by Crippen LogP contribution is 2.30. The van der Waals surface area contributed by atoms with Gasteiger partial charge in [-0.25, -0.2) is 0 Å². The highest BCUT2D eigenvalue weighted by molar-refractivity contribution is 5.91. The smallest absolute Gasteiger partial charge is 0.249 e. The summed E-state index contributed by atoms with van der Waals surface area (Å²) < 4.78 is 16.6. The van der Waals surface area contributed by atoms with Gasteiger partial charge in [-0.15, -0.1) is 0 Å². The molecule has 2 heterocycles. The first-order valence-electron chi connectivity index (χ1n) is 14.2. The van der Waals surface area contributed by atoms with Gasteiger partial charge in [-0.1, -0.05) is 0 Å². The molecule has 0 aromatic carbocycles. The highest BCUT2D eigenvalue weighted by atomic mass is 16.7. The van der Waals surface area contributed by atoms with Gasteiger partial charge in [-0.05, 0) is 33.1 Å². The summed E-state index contributed by atoms with van der Waals surface area (Å²) in [5.74, 6) is -7.91. The van der Waals surface area contributed by atoms with Crippen LogP contribution in [-0.2, 0) is 47.8 Å². The molecule has 2 aliphatic rings. The van der Waals surface area contributed by atoms with E-state index in [0.29, 0.717) is 0 Å². The van der Waals surface area contributed by atoms with Crippen molar-refractivity contribution in [1.29, 1.82) is 0 Å². The van der Waals surface area contributed by atoms with Crippen LogP contribution < -0.4 is 54.6 Å². The standard InChI is InChI=1S/C26H41N5O14.2H3N/c1-10(28-22(36)11(2)44-20-18(29-12(3)32)26-43-9-16(45-26)19(20)34)21(35)31-15(25(41)42)7-8-17(33)30-14(24(39)40)6-4-5-13(27)23(37)38;;/h10-11,13-16,18-20,26,34H,4-9,27H2,1-3H3,(H,28,36)(H,29,32)(H,30,33)(H,31,35)(H,37,38)(H,39,40)(H,41,42);2*1H3/t10-,11+,13+,14-,15+,16+,18+,19+,20+,26+;;/m0../s1. The van der Waals surface area contributed by atoms with E-state index < -0.39 is 115 Å². The van der Waals surface area contributed by atoms with Crippen LogP contribution in [0.5, 0.6) is 0 Å². The number of ether oxygens (including phenoxy) is 3. The Morgan fingerprint density at radius 2 is 1.49 bits per heavy atom. The Kier molecular flexibility index (Phi) is 18.0. The van der Waals surface area contributed by atoms with Gasteiger partial charge in [0, 0.05) is 19.8 Å². The fourth-order valence-corrected chi connectivity index (χ4v) is 4.65. The molecule has 2 aliphatic heterocycles. The molecule has 0 radical (unpaired) electrons. The SMILES string of the molecule is CC(=O)N[C@H]1[C@@H]2OC[C@@H](O2)[C@@H](O)[C@@H]1O[C@H](C)C(=O)N[C@@H](C)C(=O)N[C@H](CCC(=O)N[C@@H](CCC[C@@H]([NH3+])C(=O)[O-])C(=O)[O-])C(=O)[O-].[NH4+].[NH4+]. The van der Waals surface area contributed by atoms with E-state index in [9.17, 15) is 54.0 Å². The first-order valence-corrected chi connectivity index (χ1v) is 14.2. The topological polar surface area (TPSA) is 385 Å². The fourth-order valence-electron chi connectivity index (χ4n) is 4.65. The monoisotopic (exact) mass is 681 g/mol. The van der Waals surface area contributed by atoms with Crippen molar-refractivity contribution >= 4 is 41.5 Å². The molecule has 10 atom stereocenters. The van der Waals surface area contributed by atoms with Gasteiger partial charge in [0.05, 0.1) is 36.6 Å². The second-order valence-corrected chi connectivity index (χ2v) is 10.9. The number of aliphatic carboxylic acids is 3. The predicted octanol–water partition coefficient (Wildman–Crippen LogP) is -7.58. The maximum Gasteiger partial charge on any atom is 0.249 e. The predicted molar refractivity (Wildman–Crippen MR) is 151 cm³/mol. The van der Waals surface area contributed by atoms with Crippen LogP contribution in [0.15, 0.2) is 0 Å². The van der Waals surface area contributed by atoms with Crippen molar-refractivity contribution in [1.82, 2.24) is 33.6 Å². The lowest BCUT2D eigenvalue weighted by Gasteiger charge is -2.39. The molecular formula is C26H47N7O14. The van der Waals surface area contributed by atoms with Gasteiger partial charge in [-0.3, -0.25) is 19.2 Å². The summed E-state index contributed by atoms with van der Waals surface area (Å²) in [7, 11) is 0. The van der Waals surface area contributed by atoms with E-state index in [1.54, 1.807) is 0 Å². The summed E-state index contributed by atoms with van der Waals surface area (Å²) in [6, 6.07) is -6.50. The van der Waals surface area contributed by atoms with Crippen LogP contribution in [0.3, 0.4) is 0 Å². The fraction of sp³-hybridized carbons (Fsp3) is 0.731. The first kappa shape index (κ1) is 43.0. The second kappa shape index (κ2) is 19.6. The molecule has 2 bridgehead atoms. The molecule has 16 N–H and O–H groups in total. The Balaban J connectivity index is 0.0000106. The summed E-state index contributed by atoms with van der Waals surface area (Å²) in [6.07, 6.45) is -6.43. The molecule has 0 saturated carbocycles. The molecule has 0 unspecified atom stereocenters. The van der Waals surface area contributed by atoms with E-state index in [1.807, 2.05) is 0 Å². The van der Waals surface area contributed by atoms with Crippen LogP contribution in [0.4, 0.5) is 0 Å². The minimum absolute atomic E-state index is 0. The van der Waals surface area contributed by atoms with Crippen LogP contribution in [-0.4, -0.2) is 114 Å². The van der Waals surface area contributed by atoms with Crippen molar-refractivity contribution in [3.63, 3.8) is 0 Å². The van der Waals surface area contributed by atoms with E-state index in [0.717, 1.165) is 0 Å². The summed E-state index contributed by atoms with van der Waals surface area (Å²) in [4.78, 5) is 83.0. The molecule has 0 aromatic heterocycles. The third-order valence-corrected chi connectivity index (χ3v) is 7.21. The second-order valence-electron chi connectivity index (χ2n) is 10.9. The van der Waals surface area contributed by atoms with Crippen molar-refractivity contribution in [2.75, 3.05) is 6.61 Å². The number of hydrogen-bond acceptors (Lipinski definition) is 14. The average Bonchev–Trinajstić information content (AvgIpc) is 3.41. The third kappa shape index (κ3) is 13.0. The van der Waals surface area contributed by atoms with E-state index in [-0.39, 0.29) is 38.2 Å². The third-order valence-electron chi connectivity index (χ3n) is 7.21. The molecule has 2 fully saturated rings. The van der Waals surface area contributed by atoms with Crippen LogP contribution in [0.25, 0.3) is 0 Å². The van der Waals surface area contributed by atoms with Gasteiger partial charge in [-0.2, -0.15) is 0 Å². The Hall–Kier alpha value is -3.99. The molecule has 4 amide bonds. The van der Waals surface area contributed by atoms with E-state index in [1.165, 1.54) is 20.8 Å². The zero-order valence-corrected chi connectivity index (χ0v) is 27.0. The first-order chi connectivity index (χ1) is 21.0. The normalized spacial score (nSPS) is 24.4. The zero-order valence-electron chi connectivity index (χ0n) is 27.0. The Labute approximate surface area is 269 Å². The number of carboxylic acid groups (broad SMARTS) is 3. The van der Waals surface area contributed by atoms with Gasteiger partial charge in [0.2, 0.25) is 23.6 Å².